The largest absolute Gasteiger partial charge is 0.327 e. The van der Waals surface area contributed by atoms with Crippen LogP contribution in [-0.2, 0) is 9.84 Å². The van der Waals surface area contributed by atoms with Crippen molar-refractivity contribution in [3.8, 4) is 0 Å². The first-order chi connectivity index (χ1) is 8.94. The Morgan fingerprint density at radius 3 is 2.68 bits per heavy atom. The Hall–Kier alpha value is -0.230. The summed E-state index contributed by atoms with van der Waals surface area (Å²) in [6.07, 6.45) is 1.34. The molecule has 0 aliphatic carbocycles. The van der Waals surface area contributed by atoms with Gasteiger partial charge in [0.25, 0.3) is 0 Å². The zero-order chi connectivity index (χ0) is 14.3. The Morgan fingerprint density at radius 2 is 2.05 bits per heavy atom. The molecule has 0 saturated carbocycles. The summed E-state index contributed by atoms with van der Waals surface area (Å²) in [4.78, 5) is 1.01. The van der Waals surface area contributed by atoms with Crippen LogP contribution in [0.3, 0.4) is 0 Å². The van der Waals surface area contributed by atoms with Crippen LogP contribution in [0, 0.1) is 0 Å². The zero-order valence-electron chi connectivity index (χ0n) is 11.0. The van der Waals surface area contributed by atoms with Crippen LogP contribution in [0.15, 0.2) is 29.2 Å². The summed E-state index contributed by atoms with van der Waals surface area (Å²) in [6, 6.07) is 7.63. The van der Waals surface area contributed by atoms with E-state index in [2.05, 4.69) is 0 Å². The second-order valence-electron chi connectivity index (χ2n) is 4.38. The number of thioether (sulfide) groups is 1. The minimum atomic E-state index is -2.87. The van der Waals surface area contributed by atoms with Gasteiger partial charge in [-0.05, 0) is 25.0 Å². The molecule has 1 rings (SSSR count). The van der Waals surface area contributed by atoms with Crippen molar-refractivity contribution in [2.45, 2.75) is 30.7 Å². The Labute approximate surface area is 124 Å². The number of sulfone groups is 1. The van der Waals surface area contributed by atoms with Crippen LogP contribution in [0.1, 0.15) is 19.8 Å². The zero-order valence-corrected chi connectivity index (χ0v) is 13.4. The van der Waals surface area contributed by atoms with Gasteiger partial charge in [-0.1, -0.05) is 30.7 Å². The summed E-state index contributed by atoms with van der Waals surface area (Å²) in [7, 11) is -2.87. The summed E-state index contributed by atoms with van der Waals surface area (Å²) in [5.74, 6) is 1.18. The minimum absolute atomic E-state index is 0.00618. The summed E-state index contributed by atoms with van der Waals surface area (Å²) in [6.45, 7) is 1.67. The van der Waals surface area contributed by atoms with Gasteiger partial charge in [-0.25, -0.2) is 8.42 Å². The normalized spacial score (nSPS) is 13.4. The summed E-state index contributed by atoms with van der Waals surface area (Å²) in [5, 5.41) is 0.730. The third-order valence-electron chi connectivity index (χ3n) is 2.76. The maximum absolute atomic E-state index is 11.3. The summed E-state index contributed by atoms with van der Waals surface area (Å²) in [5.41, 5.74) is 5.98. The van der Waals surface area contributed by atoms with E-state index in [1.165, 1.54) is 0 Å². The van der Waals surface area contributed by atoms with E-state index in [9.17, 15) is 8.42 Å². The molecule has 0 saturated heterocycles. The number of rotatable bonds is 8. The van der Waals surface area contributed by atoms with Crippen LogP contribution in [-0.4, -0.2) is 31.7 Å². The molecule has 1 aromatic carbocycles. The Balaban J connectivity index is 2.29. The molecule has 2 N–H and O–H groups in total. The molecule has 0 aliphatic rings. The van der Waals surface area contributed by atoms with Crippen molar-refractivity contribution < 1.29 is 8.42 Å². The van der Waals surface area contributed by atoms with Crippen molar-refractivity contribution in [1.82, 2.24) is 0 Å². The summed E-state index contributed by atoms with van der Waals surface area (Å²) >= 11 is 7.66. The predicted molar refractivity (Wildman–Crippen MR) is 83.7 cm³/mol. The van der Waals surface area contributed by atoms with Gasteiger partial charge < -0.3 is 5.73 Å². The standard InChI is InChI=1S/C13H20ClNO2S2/c1-2-19(16,17)9-5-6-11(15)10-18-13-8-4-3-7-12(13)14/h3-4,7-8,11H,2,5-6,9-10,15H2,1H3. The predicted octanol–water partition coefficient (Wildman–Crippen LogP) is 2.97. The van der Waals surface area contributed by atoms with Crippen molar-refractivity contribution in [3.05, 3.63) is 29.3 Å². The monoisotopic (exact) mass is 321 g/mol. The lowest BCUT2D eigenvalue weighted by molar-refractivity contribution is 0.587. The molecule has 0 heterocycles. The Morgan fingerprint density at radius 1 is 1.37 bits per heavy atom. The van der Waals surface area contributed by atoms with E-state index in [1.807, 2.05) is 24.3 Å². The molecule has 0 radical (unpaired) electrons. The second-order valence-corrected chi connectivity index (χ2v) is 8.32. The number of hydrogen-bond donors (Lipinski definition) is 1. The van der Waals surface area contributed by atoms with Crippen LogP contribution in [0.4, 0.5) is 0 Å². The fourth-order valence-corrected chi connectivity index (χ4v) is 3.69. The Bertz CT molecular complexity index is 491. The van der Waals surface area contributed by atoms with E-state index in [0.717, 1.165) is 22.1 Å². The highest BCUT2D eigenvalue weighted by atomic mass is 35.5. The molecule has 0 aliphatic heterocycles. The van der Waals surface area contributed by atoms with Gasteiger partial charge in [0.1, 0.15) is 9.84 Å². The average Bonchev–Trinajstić information content (AvgIpc) is 2.37. The second kappa shape index (κ2) is 8.15. The van der Waals surface area contributed by atoms with Gasteiger partial charge in [0.2, 0.25) is 0 Å². The first-order valence-electron chi connectivity index (χ1n) is 6.28. The molecule has 3 nitrogen and oxygen atoms in total. The van der Waals surface area contributed by atoms with Crippen LogP contribution in [0.2, 0.25) is 5.02 Å². The molecular formula is C13H20ClNO2S2. The number of nitrogens with two attached hydrogens (primary N) is 1. The van der Waals surface area contributed by atoms with Gasteiger partial charge in [-0.2, -0.15) is 0 Å². The first kappa shape index (κ1) is 16.8. The molecule has 0 bridgehead atoms. The van der Waals surface area contributed by atoms with Gasteiger partial charge in [0, 0.05) is 22.4 Å². The molecule has 0 amide bonds. The fraction of sp³-hybridized carbons (Fsp3) is 0.538. The maximum atomic E-state index is 11.3. The van der Waals surface area contributed by atoms with Crippen molar-refractivity contribution >= 4 is 33.2 Å². The number of benzene rings is 1. The van der Waals surface area contributed by atoms with E-state index in [1.54, 1.807) is 18.7 Å². The molecule has 0 fully saturated rings. The van der Waals surface area contributed by atoms with Crippen molar-refractivity contribution in [2.75, 3.05) is 17.3 Å². The van der Waals surface area contributed by atoms with Crippen molar-refractivity contribution in [3.63, 3.8) is 0 Å². The van der Waals surface area contributed by atoms with E-state index in [-0.39, 0.29) is 17.5 Å². The lowest BCUT2D eigenvalue weighted by atomic mass is 10.2. The van der Waals surface area contributed by atoms with Crippen LogP contribution >= 0.6 is 23.4 Å². The molecule has 0 spiro atoms. The molecule has 0 aromatic heterocycles. The van der Waals surface area contributed by atoms with Crippen LogP contribution in [0.5, 0.6) is 0 Å². The smallest absolute Gasteiger partial charge is 0.150 e. The molecular weight excluding hydrogens is 302 g/mol. The van der Waals surface area contributed by atoms with E-state index in [0.29, 0.717) is 6.42 Å². The molecule has 108 valence electrons. The van der Waals surface area contributed by atoms with Gasteiger partial charge in [-0.15, -0.1) is 11.8 Å². The molecule has 1 aromatic rings. The third kappa shape index (κ3) is 6.65. The van der Waals surface area contributed by atoms with Gasteiger partial charge in [0.05, 0.1) is 10.8 Å². The average molecular weight is 322 g/mol. The van der Waals surface area contributed by atoms with E-state index >= 15 is 0 Å². The van der Waals surface area contributed by atoms with Gasteiger partial charge in [-0.3, -0.25) is 0 Å². The Kier molecular flexibility index (Phi) is 7.21. The van der Waals surface area contributed by atoms with Crippen LogP contribution < -0.4 is 5.73 Å². The molecule has 6 heteroatoms. The fourth-order valence-electron chi connectivity index (χ4n) is 1.55. The van der Waals surface area contributed by atoms with E-state index < -0.39 is 9.84 Å². The minimum Gasteiger partial charge on any atom is -0.327 e. The van der Waals surface area contributed by atoms with E-state index in [4.69, 9.17) is 17.3 Å². The van der Waals surface area contributed by atoms with Crippen molar-refractivity contribution in [1.29, 1.82) is 0 Å². The lowest BCUT2D eigenvalue weighted by Crippen LogP contribution is -2.24. The maximum Gasteiger partial charge on any atom is 0.150 e. The SMILES string of the molecule is CCS(=O)(=O)CCCC(N)CSc1ccccc1Cl. The highest BCUT2D eigenvalue weighted by Gasteiger charge is 2.10. The number of halogens is 1. The highest BCUT2D eigenvalue weighted by Crippen LogP contribution is 2.27. The molecule has 19 heavy (non-hydrogen) atoms. The van der Waals surface area contributed by atoms with Crippen molar-refractivity contribution in [2.24, 2.45) is 5.73 Å². The quantitative estimate of drug-likeness (QED) is 0.748. The summed E-state index contributed by atoms with van der Waals surface area (Å²) < 4.78 is 22.7. The lowest BCUT2D eigenvalue weighted by Gasteiger charge is -2.11. The first-order valence-corrected chi connectivity index (χ1v) is 9.46. The van der Waals surface area contributed by atoms with Gasteiger partial charge >= 0.3 is 0 Å². The highest BCUT2D eigenvalue weighted by molar-refractivity contribution is 7.99. The van der Waals surface area contributed by atoms with Gasteiger partial charge in [0.15, 0.2) is 0 Å². The molecule has 1 atom stereocenters. The third-order valence-corrected chi connectivity index (χ3v) is 6.25. The number of hydrogen-bond acceptors (Lipinski definition) is 4. The van der Waals surface area contributed by atoms with Crippen LogP contribution in [0.25, 0.3) is 0 Å². The topological polar surface area (TPSA) is 60.2 Å². The molecule has 1 unspecified atom stereocenters.